The summed E-state index contributed by atoms with van der Waals surface area (Å²) in [5, 5.41) is 0. The zero-order valence-electron chi connectivity index (χ0n) is 12.3. The Kier molecular flexibility index (Phi) is 5.08. The largest absolute Gasteiger partial charge is 0.490 e. The summed E-state index contributed by atoms with van der Waals surface area (Å²) < 4.78 is 30.3. The second-order valence-electron chi connectivity index (χ2n) is 5.80. The molecule has 0 amide bonds. The van der Waals surface area contributed by atoms with E-state index in [1.165, 1.54) is 6.42 Å². The molecule has 1 aromatic carbocycles. The van der Waals surface area contributed by atoms with E-state index >= 15 is 0 Å². The molecule has 1 saturated carbocycles. The predicted molar refractivity (Wildman–Crippen MR) is 81.7 cm³/mol. The molecule has 1 atom stereocenters. The molecular weight excluding hydrogens is 272 g/mol. The second kappa shape index (κ2) is 6.61. The lowest BCUT2D eigenvalue weighted by Gasteiger charge is -2.25. The fraction of sp³-hybridized carbons (Fsp3) is 0.625. The van der Waals surface area contributed by atoms with Crippen LogP contribution in [0.4, 0.5) is 0 Å². The third-order valence-electron chi connectivity index (χ3n) is 3.97. The van der Waals surface area contributed by atoms with E-state index in [0.717, 1.165) is 24.8 Å². The molecule has 0 bridgehead atoms. The number of sulfone groups is 1. The average molecular weight is 296 g/mol. The van der Waals surface area contributed by atoms with Crippen molar-refractivity contribution in [1.82, 2.24) is 0 Å². The maximum absolute atomic E-state index is 12.3. The fourth-order valence-corrected chi connectivity index (χ4v) is 4.23. The molecule has 20 heavy (non-hydrogen) atoms. The van der Waals surface area contributed by atoms with Gasteiger partial charge in [-0.2, -0.15) is 0 Å². The molecule has 1 fully saturated rings. The van der Waals surface area contributed by atoms with Gasteiger partial charge in [0.2, 0.25) is 0 Å². The topological polar surface area (TPSA) is 43.4 Å². The molecule has 0 radical (unpaired) electrons. The molecule has 4 heteroatoms. The van der Waals surface area contributed by atoms with E-state index in [0.29, 0.717) is 17.4 Å². The van der Waals surface area contributed by atoms with Crippen LogP contribution in [0, 0.1) is 5.92 Å². The van der Waals surface area contributed by atoms with E-state index in [1.807, 2.05) is 31.2 Å². The van der Waals surface area contributed by atoms with Crippen molar-refractivity contribution in [2.45, 2.75) is 51.4 Å². The summed E-state index contributed by atoms with van der Waals surface area (Å²) in [4.78, 5) is 0. The molecule has 0 N–H and O–H groups in total. The summed E-state index contributed by atoms with van der Waals surface area (Å²) in [6.07, 6.45) is 4.30. The number of para-hydroxylation sites is 1. The zero-order chi connectivity index (χ0) is 14.6. The number of benzene rings is 1. The molecule has 0 aromatic heterocycles. The zero-order valence-corrected chi connectivity index (χ0v) is 13.2. The number of hydrogen-bond donors (Lipinski definition) is 0. The smallest absolute Gasteiger partial charge is 0.154 e. The Morgan fingerprint density at radius 3 is 2.60 bits per heavy atom. The van der Waals surface area contributed by atoms with Crippen LogP contribution in [0.15, 0.2) is 24.3 Å². The molecule has 0 saturated heterocycles. The van der Waals surface area contributed by atoms with Gasteiger partial charge in [-0.05, 0) is 38.2 Å². The summed E-state index contributed by atoms with van der Waals surface area (Å²) >= 11 is 0. The molecule has 112 valence electrons. The summed E-state index contributed by atoms with van der Waals surface area (Å²) in [7, 11) is -3.04. The Morgan fingerprint density at radius 1 is 1.30 bits per heavy atom. The van der Waals surface area contributed by atoms with Crippen molar-refractivity contribution in [3.05, 3.63) is 29.8 Å². The van der Waals surface area contributed by atoms with Crippen molar-refractivity contribution in [2.75, 3.05) is 5.75 Å². The van der Waals surface area contributed by atoms with Crippen LogP contribution in [0.3, 0.4) is 0 Å². The lowest BCUT2D eigenvalue weighted by molar-refractivity contribution is 0.216. The first-order valence-electron chi connectivity index (χ1n) is 7.45. The Hall–Kier alpha value is -1.03. The highest BCUT2D eigenvalue weighted by molar-refractivity contribution is 7.90. The molecule has 3 nitrogen and oxygen atoms in total. The van der Waals surface area contributed by atoms with Gasteiger partial charge in [0.15, 0.2) is 9.84 Å². The van der Waals surface area contributed by atoms with Crippen LogP contribution in [-0.2, 0) is 15.6 Å². The van der Waals surface area contributed by atoms with E-state index in [9.17, 15) is 8.42 Å². The second-order valence-corrected chi connectivity index (χ2v) is 7.91. The Balaban J connectivity index is 2.07. The van der Waals surface area contributed by atoms with Crippen molar-refractivity contribution in [3.63, 3.8) is 0 Å². The number of ether oxygens (including phenoxy) is 1. The maximum atomic E-state index is 12.3. The number of hydrogen-bond acceptors (Lipinski definition) is 3. The Labute approximate surface area is 122 Å². The molecule has 0 heterocycles. The van der Waals surface area contributed by atoms with Crippen LogP contribution < -0.4 is 4.74 Å². The van der Waals surface area contributed by atoms with Crippen LogP contribution in [0.2, 0.25) is 0 Å². The molecule has 0 spiro atoms. The van der Waals surface area contributed by atoms with Gasteiger partial charge in [0, 0.05) is 5.56 Å². The molecule has 1 aliphatic carbocycles. The van der Waals surface area contributed by atoms with Crippen LogP contribution in [-0.4, -0.2) is 20.3 Å². The van der Waals surface area contributed by atoms with Crippen LogP contribution in [0.25, 0.3) is 0 Å². The lowest BCUT2D eigenvalue weighted by atomic mass is 9.87. The van der Waals surface area contributed by atoms with Gasteiger partial charge in [-0.3, -0.25) is 0 Å². The van der Waals surface area contributed by atoms with Crippen LogP contribution >= 0.6 is 0 Å². The first-order chi connectivity index (χ1) is 9.50. The van der Waals surface area contributed by atoms with E-state index in [1.54, 1.807) is 0 Å². The third-order valence-corrected chi connectivity index (χ3v) is 5.70. The highest BCUT2D eigenvalue weighted by Crippen LogP contribution is 2.30. The third kappa shape index (κ3) is 4.23. The highest BCUT2D eigenvalue weighted by atomic mass is 32.2. The highest BCUT2D eigenvalue weighted by Gasteiger charge is 2.25. The minimum absolute atomic E-state index is 0.0934. The quantitative estimate of drug-likeness (QED) is 0.772. The Bertz CT molecular complexity index is 532. The molecule has 2 rings (SSSR count). The molecule has 0 unspecified atom stereocenters. The van der Waals surface area contributed by atoms with Gasteiger partial charge in [-0.15, -0.1) is 0 Å². The SMILES string of the molecule is CC[C@@H](C)Oc1ccccc1CS(=O)(=O)CC1CCC1. The van der Waals surface area contributed by atoms with Gasteiger partial charge in [-0.25, -0.2) is 8.42 Å². The Morgan fingerprint density at radius 2 is 2.00 bits per heavy atom. The van der Waals surface area contributed by atoms with Crippen molar-refractivity contribution >= 4 is 9.84 Å². The average Bonchev–Trinajstić information content (AvgIpc) is 2.36. The first kappa shape index (κ1) is 15.4. The lowest BCUT2D eigenvalue weighted by Crippen LogP contribution is -2.23. The molecular formula is C16H24O3S. The minimum Gasteiger partial charge on any atom is -0.490 e. The van der Waals surface area contributed by atoms with Crippen molar-refractivity contribution in [1.29, 1.82) is 0 Å². The molecule has 1 aliphatic rings. The van der Waals surface area contributed by atoms with Crippen LogP contribution in [0.1, 0.15) is 45.1 Å². The maximum Gasteiger partial charge on any atom is 0.154 e. The van der Waals surface area contributed by atoms with E-state index < -0.39 is 9.84 Å². The van der Waals surface area contributed by atoms with E-state index in [4.69, 9.17) is 4.74 Å². The van der Waals surface area contributed by atoms with Gasteiger partial charge < -0.3 is 4.74 Å². The molecule has 1 aromatic rings. The van der Waals surface area contributed by atoms with E-state index in [2.05, 4.69) is 6.92 Å². The standard InChI is InChI=1S/C16H24O3S/c1-3-13(2)19-16-10-5-4-9-15(16)12-20(17,18)11-14-7-6-8-14/h4-5,9-10,13-14H,3,6-8,11-12H2,1-2H3/t13-/m1/s1. The predicted octanol–water partition coefficient (Wildman–Crippen LogP) is 3.58. The van der Waals surface area contributed by atoms with Gasteiger partial charge >= 0.3 is 0 Å². The van der Waals surface area contributed by atoms with Gasteiger partial charge in [0.1, 0.15) is 5.75 Å². The summed E-state index contributed by atoms with van der Waals surface area (Å²) in [5.41, 5.74) is 0.784. The van der Waals surface area contributed by atoms with E-state index in [-0.39, 0.29) is 11.9 Å². The van der Waals surface area contributed by atoms with Gasteiger partial charge in [0.25, 0.3) is 0 Å². The van der Waals surface area contributed by atoms with Gasteiger partial charge in [0.05, 0.1) is 17.6 Å². The van der Waals surface area contributed by atoms with Crippen molar-refractivity contribution < 1.29 is 13.2 Å². The summed E-state index contributed by atoms with van der Waals surface area (Å²) in [5.74, 6) is 1.50. The minimum atomic E-state index is -3.04. The number of rotatable bonds is 7. The normalized spacial score (nSPS) is 17.5. The fourth-order valence-electron chi connectivity index (χ4n) is 2.35. The van der Waals surface area contributed by atoms with Crippen LogP contribution in [0.5, 0.6) is 5.75 Å². The van der Waals surface area contributed by atoms with Gasteiger partial charge in [-0.1, -0.05) is 31.5 Å². The monoisotopic (exact) mass is 296 g/mol. The van der Waals surface area contributed by atoms with Crippen molar-refractivity contribution in [2.24, 2.45) is 5.92 Å². The summed E-state index contributed by atoms with van der Waals surface area (Å²) in [6, 6.07) is 7.48. The van der Waals surface area contributed by atoms with Crippen molar-refractivity contribution in [3.8, 4) is 5.75 Å². The molecule has 0 aliphatic heterocycles. The summed E-state index contributed by atoms with van der Waals surface area (Å²) in [6.45, 7) is 4.06. The first-order valence-corrected chi connectivity index (χ1v) is 9.27.